The number of aromatic nitrogens is 1. The van der Waals surface area contributed by atoms with Gasteiger partial charge in [-0.1, -0.05) is 11.6 Å². The minimum absolute atomic E-state index is 0.0110. The molecule has 1 heterocycles. The third-order valence-corrected chi connectivity index (χ3v) is 2.57. The van der Waals surface area contributed by atoms with E-state index < -0.39 is 16.6 Å². The van der Waals surface area contributed by atoms with Gasteiger partial charge < -0.3 is 14.2 Å². The summed E-state index contributed by atoms with van der Waals surface area (Å²) in [6.45, 7) is 1.25. The fourth-order valence-electron chi connectivity index (χ4n) is 1.41. The number of esters is 1. The van der Waals surface area contributed by atoms with Crippen LogP contribution in [0.3, 0.4) is 0 Å². The van der Waals surface area contributed by atoms with E-state index in [0.717, 1.165) is 18.7 Å². The Morgan fingerprint density at radius 1 is 1.38 bits per heavy atom. The lowest BCUT2D eigenvalue weighted by Crippen LogP contribution is -2.13. The number of nitro groups is 1. The summed E-state index contributed by atoms with van der Waals surface area (Å²) in [7, 11) is 1.59. The first-order valence-corrected chi connectivity index (χ1v) is 6.47. The van der Waals surface area contributed by atoms with Gasteiger partial charge in [0.2, 0.25) is 0 Å². The average molecular weight is 319 g/mol. The zero-order valence-electron chi connectivity index (χ0n) is 11.4. The highest BCUT2D eigenvalue weighted by atomic mass is 35.5. The van der Waals surface area contributed by atoms with Gasteiger partial charge in [0, 0.05) is 20.3 Å². The van der Waals surface area contributed by atoms with Crippen LogP contribution in [0.5, 0.6) is 0 Å². The average Bonchev–Trinajstić information content (AvgIpc) is 2.45. The van der Waals surface area contributed by atoms with Crippen LogP contribution in [-0.2, 0) is 14.2 Å². The van der Waals surface area contributed by atoms with E-state index in [1.54, 1.807) is 7.11 Å². The van der Waals surface area contributed by atoms with Crippen LogP contribution in [0.1, 0.15) is 16.8 Å². The molecule has 1 aromatic rings. The second-order valence-corrected chi connectivity index (χ2v) is 4.26. The van der Waals surface area contributed by atoms with Crippen molar-refractivity contribution in [1.82, 2.24) is 4.98 Å². The summed E-state index contributed by atoms with van der Waals surface area (Å²) < 4.78 is 14.9. The van der Waals surface area contributed by atoms with Gasteiger partial charge in [-0.05, 0) is 12.5 Å². The van der Waals surface area contributed by atoms with E-state index >= 15 is 0 Å². The van der Waals surface area contributed by atoms with Crippen LogP contribution in [0.4, 0.5) is 5.69 Å². The number of carbonyl (C=O) groups excluding carboxylic acids is 1. The number of rotatable bonds is 9. The molecule has 0 atom stereocenters. The van der Waals surface area contributed by atoms with Crippen molar-refractivity contribution in [3.63, 3.8) is 0 Å². The molecule has 0 fully saturated rings. The van der Waals surface area contributed by atoms with Gasteiger partial charge in [-0.15, -0.1) is 0 Å². The zero-order valence-corrected chi connectivity index (χ0v) is 12.2. The number of ether oxygens (including phenoxy) is 3. The molecule has 0 N–H and O–H groups in total. The van der Waals surface area contributed by atoms with Crippen LogP contribution in [0, 0.1) is 10.1 Å². The predicted molar refractivity (Wildman–Crippen MR) is 73.5 cm³/mol. The van der Waals surface area contributed by atoms with Crippen molar-refractivity contribution in [2.75, 3.05) is 33.5 Å². The second-order valence-electron chi connectivity index (χ2n) is 3.88. The van der Waals surface area contributed by atoms with Gasteiger partial charge in [-0.3, -0.25) is 10.1 Å². The Balaban J connectivity index is 2.45. The van der Waals surface area contributed by atoms with Crippen LogP contribution >= 0.6 is 11.6 Å². The Kier molecular flexibility index (Phi) is 7.59. The standard InChI is InChI=1S/C12H15ClN2O6/c1-19-3-2-4-20-5-6-21-12(16)9-7-11(13)14-8-10(9)15(17)18/h7-8H,2-6H2,1H3. The molecule has 0 aliphatic rings. The van der Waals surface area contributed by atoms with E-state index in [4.69, 9.17) is 25.8 Å². The summed E-state index contributed by atoms with van der Waals surface area (Å²) in [4.78, 5) is 25.4. The van der Waals surface area contributed by atoms with Gasteiger partial charge in [0.15, 0.2) is 0 Å². The van der Waals surface area contributed by atoms with E-state index in [-0.39, 0.29) is 23.9 Å². The normalized spacial score (nSPS) is 10.4. The molecule has 0 radical (unpaired) electrons. The van der Waals surface area contributed by atoms with Crippen molar-refractivity contribution in [1.29, 1.82) is 0 Å². The van der Waals surface area contributed by atoms with Crippen molar-refractivity contribution < 1.29 is 23.9 Å². The molecule has 0 spiro atoms. The maximum atomic E-state index is 11.8. The minimum Gasteiger partial charge on any atom is -0.459 e. The summed E-state index contributed by atoms with van der Waals surface area (Å²) >= 11 is 5.62. The first-order chi connectivity index (χ1) is 10.1. The lowest BCUT2D eigenvalue weighted by Gasteiger charge is -2.06. The molecule has 0 aliphatic heterocycles. The van der Waals surface area contributed by atoms with Crippen molar-refractivity contribution in [3.8, 4) is 0 Å². The van der Waals surface area contributed by atoms with Crippen LogP contribution in [0.15, 0.2) is 12.3 Å². The highest BCUT2D eigenvalue weighted by Crippen LogP contribution is 2.21. The first-order valence-electron chi connectivity index (χ1n) is 6.10. The van der Waals surface area contributed by atoms with E-state index in [1.165, 1.54) is 0 Å². The van der Waals surface area contributed by atoms with Gasteiger partial charge in [-0.25, -0.2) is 9.78 Å². The molecule has 9 heteroatoms. The monoisotopic (exact) mass is 318 g/mol. The first kappa shape index (κ1) is 17.3. The lowest BCUT2D eigenvalue weighted by molar-refractivity contribution is -0.385. The lowest BCUT2D eigenvalue weighted by atomic mass is 10.2. The SMILES string of the molecule is COCCCOCCOC(=O)c1cc(Cl)ncc1[N+](=O)[O-]. The molecule has 0 amide bonds. The Hall–Kier alpha value is -1.77. The fraction of sp³-hybridized carbons (Fsp3) is 0.500. The zero-order chi connectivity index (χ0) is 15.7. The molecule has 0 saturated heterocycles. The van der Waals surface area contributed by atoms with Gasteiger partial charge >= 0.3 is 11.7 Å². The maximum absolute atomic E-state index is 11.8. The van der Waals surface area contributed by atoms with Crippen molar-refractivity contribution in [2.24, 2.45) is 0 Å². The smallest absolute Gasteiger partial charge is 0.345 e. The highest BCUT2D eigenvalue weighted by Gasteiger charge is 2.22. The van der Waals surface area contributed by atoms with E-state index in [0.29, 0.717) is 13.2 Å². The van der Waals surface area contributed by atoms with Crippen LogP contribution in [0.2, 0.25) is 5.15 Å². The Morgan fingerprint density at radius 2 is 2.14 bits per heavy atom. The number of halogens is 1. The topological polar surface area (TPSA) is 101 Å². The number of carbonyl (C=O) groups is 1. The van der Waals surface area contributed by atoms with E-state index in [9.17, 15) is 14.9 Å². The van der Waals surface area contributed by atoms with Crippen molar-refractivity contribution in [2.45, 2.75) is 6.42 Å². The maximum Gasteiger partial charge on any atom is 0.345 e. The molecule has 0 aliphatic carbocycles. The Labute approximate surface area is 126 Å². The molecule has 8 nitrogen and oxygen atoms in total. The molecule has 0 unspecified atom stereocenters. The molecule has 116 valence electrons. The Morgan fingerprint density at radius 3 is 2.81 bits per heavy atom. The summed E-state index contributed by atoms with van der Waals surface area (Å²) in [5.41, 5.74) is -0.690. The molecule has 0 saturated carbocycles. The summed E-state index contributed by atoms with van der Waals surface area (Å²) in [5.74, 6) is -0.841. The summed E-state index contributed by atoms with van der Waals surface area (Å²) in [5, 5.41) is 10.8. The minimum atomic E-state index is -0.841. The largest absolute Gasteiger partial charge is 0.459 e. The third-order valence-electron chi connectivity index (χ3n) is 2.36. The number of nitrogens with zero attached hydrogens (tertiary/aromatic N) is 2. The Bertz CT molecular complexity index is 497. The van der Waals surface area contributed by atoms with Crippen LogP contribution in [-0.4, -0.2) is 49.4 Å². The van der Waals surface area contributed by atoms with Gasteiger partial charge in [0.05, 0.1) is 11.5 Å². The second kappa shape index (κ2) is 9.22. The number of hydrogen-bond acceptors (Lipinski definition) is 7. The fourth-order valence-corrected chi connectivity index (χ4v) is 1.57. The predicted octanol–water partition coefficient (Wildman–Crippen LogP) is 1.85. The molecule has 21 heavy (non-hydrogen) atoms. The van der Waals surface area contributed by atoms with Crippen LogP contribution < -0.4 is 0 Å². The van der Waals surface area contributed by atoms with E-state index in [2.05, 4.69) is 4.98 Å². The van der Waals surface area contributed by atoms with Gasteiger partial charge in [-0.2, -0.15) is 0 Å². The number of methoxy groups -OCH3 is 1. The molecule has 0 bridgehead atoms. The molecule has 1 rings (SSSR count). The van der Waals surface area contributed by atoms with Crippen LogP contribution in [0.25, 0.3) is 0 Å². The van der Waals surface area contributed by atoms with Gasteiger partial charge in [0.1, 0.15) is 23.5 Å². The van der Waals surface area contributed by atoms with Crippen molar-refractivity contribution in [3.05, 3.63) is 33.1 Å². The highest BCUT2D eigenvalue weighted by molar-refractivity contribution is 6.29. The molecular formula is C12H15ClN2O6. The third kappa shape index (κ3) is 6.03. The number of pyridine rings is 1. The van der Waals surface area contributed by atoms with Crippen molar-refractivity contribution >= 4 is 23.3 Å². The van der Waals surface area contributed by atoms with E-state index in [1.807, 2.05) is 0 Å². The van der Waals surface area contributed by atoms with Gasteiger partial charge in [0.25, 0.3) is 0 Å². The molecule has 1 aromatic heterocycles. The summed E-state index contributed by atoms with van der Waals surface area (Å²) in [6, 6.07) is 1.10. The quantitative estimate of drug-likeness (QED) is 0.225. The molecular weight excluding hydrogens is 304 g/mol. The summed E-state index contributed by atoms with van der Waals surface area (Å²) in [6.07, 6.45) is 1.65. The number of hydrogen-bond donors (Lipinski definition) is 0. The molecule has 0 aromatic carbocycles.